The molecule has 0 radical (unpaired) electrons. The van der Waals surface area contributed by atoms with Crippen LogP contribution in [0.1, 0.15) is 29.5 Å². The highest BCUT2D eigenvalue weighted by molar-refractivity contribution is 7.90. The van der Waals surface area contributed by atoms with Gasteiger partial charge in [-0.05, 0) is 31.5 Å². The molecule has 0 aliphatic rings. The topological polar surface area (TPSA) is 73.1 Å². The van der Waals surface area contributed by atoms with Crippen molar-refractivity contribution in [2.75, 3.05) is 0 Å². The number of halogens is 1. The Balaban J connectivity index is 2.23. The van der Waals surface area contributed by atoms with Crippen LogP contribution in [0.25, 0.3) is 0 Å². The number of aryl methyl sites for hydroxylation is 1. The third-order valence-corrected chi connectivity index (χ3v) is 4.94. The number of nitrogens with zero attached hydrogens (tertiary/aromatic N) is 2. The Labute approximate surface area is 116 Å². The number of rotatable bonds is 4. The van der Waals surface area contributed by atoms with E-state index in [2.05, 4.69) is 10.1 Å². The van der Waals surface area contributed by atoms with E-state index < -0.39 is 15.1 Å². The third-order valence-electron chi connectivity index (χ3n) is 2.69. The summed E-state index contributed by atoms with van der Waals surface area (Å²) < 4.78 is 29.4. The van der Waals surface area contributed by atoms with Gasteiger partial charge in [0.2, 0.25) is 5.89 Å². The average Bonchev–Trinajstić information content (AvgIpc) is 2.74. The lowest BCUT2D eigenvalue weighted by molar-refractivity contribution is 0.373. The second-order valence-electron chi connectivity index (χ2n) is 4.26. The van der Waals surface area contributed by atoms with Crippen molar-refractivity contribution in [2.24, 2.45) is 0 Å². The Hall–Kier alpha value is -1.40. The summed E-state index contributed by atoms with van der Waals surface area (Å²) in [5, 5.41) is 3.27. The van der Waals surface area contributed by atoms with Gasteiger partial charge in [0.05, 0.1) is 5.75 Å². The van der Waals surface area contributed by atoms with Crippen molar-refractivity contribution in [1.29, 1.82) is 0 Å². The Morgan fingerprint density at radius 2 is 2.16 bits per heavy atom. The fourth-order valence-corrected chi connectivity index (χ4v) is 3.13. The van der Waals surface area contributed by atoms with Gasteiger partial charge in [0.15, 0.2) is 15.7 Å². The van der Waals surface area contributed by atoms with Crippen LogP contribution >= 0.6 is 11.6 Å². The number of hydrogen-bond acceptors (Lipinski definition) is 5. The Morgan fingerprint density at radius 3 is 2.74 bits per heavy atom. The van der Waals surface area contributed by atoms with Gasteiger partial charge in [-0.15, -0.1) is 0 Å². The molecule has 102 valence electrons. The standard InChI is InChI=1S/C12H13ClN2O3S/c1-8(12-14-9(2)15-18-12)19(16,17)7-10-4-3-5-11(13)6-10/h3-6,8H,7H2,1-2H3. The van der Waals surface area contributed by atoms with E-state index in [1.807, 2.05) is 0 Å². The minimum Gasteiger partial charge on any atom is -0.338 e. The summed E-state index contributed by atoms with van der Waals surface area (Å²) in [5.74, 6) is 0.412. The number of sulfone groups is 1. The van der Waals surface area contributed by atoms with Crippen LogP contribution < -0.4 is 0 Å². The lowest BCUT2D eigenvalue weighted by Crippen LogP contribution is -2.13. The van der Waals surface area contributed by atoms with E-state index in [1.165, 1.54) is 6.92 Å². The van der Waals surface area contributed by atoms with Crippen molar-refractivity contribution >= 4 is 21.4 Å². The fourth-order valence-electron chi connectivity index (χ4n) is 1.62. The first kappa shape index (κ1) is 14.0. The summed E-state index contributed by atoms with van der Waals surface area (Å²) in [4.78, 5) is 3.95. The van der Waals surface area contributed by atoms with E-state index >= 15 is 0 Å². The maximum Gasteiger partial charge on any atom is 0.244 e. The molecule has 5 nitrogen and oxygen atoms in total. The zero-order valence-corrected chi connectivity index (χ0v) is 12.1. The summed E-state index contributed by atoms with van der Waals surface area (Å²) in [6.07, 6.45) is 0. The lowest BCUT2D eigenvalue weighted by atomic mass is 10.2. The molecule has 0 spiro atoms. The molecule has 0 bridgehead atoms. The molecule has 1 heterocycles. The summed E-state index contributed by atoms with van der Waals surface area (Å²) in [7, 11) is -3.42. The first-order chi connectivity index (χ1) is 8.88. The molecular formula is C12H13ClN2O3S. The summed E-state index contributed by atoms with van der Waals surface area (Å²) in [6.45, 7) is 3.18. The number of aromatic nitrogens is 2. The van der Waals surface area contributed by atoms with Crippen LogP contribution in [0.4, 0.5) is 0 Å². The van der Waals surface area contributed by atoms with E-state index in [-0.39, 0.29) is 11.6 Å². The fraction of sp³-hybridized carbons (Fsp3) is 0.333. The number of benzene rings is 1. The summed E-state index contributed by atoms with van der Waals surface area (Å²) >= 11 is 5.84. The van der Waals surface area contributed by atoms with Gasteiger partial charge >= 0.3 is 0 Å². The molecule has 2 rings (SSSR count). The smallest absolute Gasteiger partial charge is 0.244 e. The zero-order valence-electron chi connectivity index (χ0n) is 10.5. The van der Waals surface area contributed by atoms with Gasteiger partial charge in [0, 0.05) is 5.02 Å². The average molecular weight is 301 g/mol. The Morgan fingerprint density at radius 1 is 1.42 bits per heavy atom. The second kappa shape index (κ2) is 5.30. The third kappa shape index (κ3) is 3.33. The van der Waals surface area contributed by atoms with Gasteiger partial charge in [0.1, 0.15) is 5.25 Å². The molecule has 0 amide bonds. The van der Waals surface area contributed by atoms with Gasteiger partial charge < -0.3 is 4.52 Å². The van der Waals surface area contributed by atoms with Crippen molar-refractivity contribution < 1.29 is 12.9 Å². The molecule has 0 aliphatic carbocycles. The first-order valence-electron chi connectivity index (χ1n) is 5.65. The summed E-state index contributed by atoms with van der Waals surface area (Å²) in [5.41, 5.74) is 0.635. The van der Waals surface area contributed by atoms with Crippen molar-refractivity contribution in [3.63, 3.8) is 0 Å². The number of hydrogen-bond donors (Lipinski definition) is 0. The molecule has 1 aromatic heterocycles. The van der Waals surface area contributed by atoms with Crippen molar-refractivity contribution in [3.8, 4) is 0 Å². The normalized spacial score (nSPS) is 13.4. The quantitative estimate of drug-likeness (QED) is 0.868. The predicted octanol–water partition coefficient (Wildman–Crippen LogP) is 2.71. The van der Waals surface area contributed by atoms with E-state index in [0.717, 1.165) is 0 Å². The zero-order chi connectivity index (χ0) is 14.0. The monoisotopic (exact) mass is 300 g/mol. The van der Waals surface area contributed by atoms with Crippen LogP contribution in [-0.2, 0) is 15.6 Å². The van der Waals surface area contributed by atoms with Crippen LogP contribution in [0.5, 0.6) is 0 Å². The molecule has 1 aromatic carbocycles. The van der Waals surface area contributed by atoms with Gasteiger partial charge in [-0.3, -0.25) is 0 Å². The van der Waals surface area contributed by atoms with E-state index in [9.17, 15) is 8.42 Å². The first-order valence-corrected chi connectivity index (χ1v) is 7.74. The molecule has 0 N–H and O–H groups in total. The van der Waals surface area contributed by atoms with E-state index in [4.69, 9.17) is 16.1 Å². The molecule has 0 saturated carbocycles. The highest BCUT2D eigenvalue weighted by atomic mass is 35.5. The maximum absolute atomic E-state index is 12.3. The SMILES string of the molecule is Cc1noc(C(C)S(=O)(=O)Cc2cccc(Cl)c2)n1. The van der Waals surface area contributed by atoms with Crippen molar-refractivity contribution in [1.82, 2.24) is 10.1 Å². The molecular weight excluding hydrogens is 288 g/mol. The van der Waals surface area contributed by atoms with Gasteiger partial charge in [0.25, 0.3) is 0 Å². The molecule has 19 heavy (non-hydrogen) atoms. The Kier molecular flexibility index (Phi) is 3.91. The lowest BCUT2D eigenvalue weighted by Gasteiger charge is -2.09. The van der Waals surface area contributed by atoms with Gasteiger partial charge in [-0.1, -0.05) is 28.9 Å². The highest BCUT2D eigenvalue weighted by Crippen LogP contribution is 2.24. The molecule has 1 unspecified atom stereocenters. The highest BCUT2D eigenvalue weighted by Gasteiger charge is 2.27. The van der Waals surface area contributed by atoms with Crippen LogP contribution in [0.15, 0.2) is 28.8 Å². The minimum atomic E-state index is -3.42. The van der Waals surface area contributed by atoms with Crippen LogP contribution in [0.2, 0.25) is 5.02 Å². The molecule has 7 heteroatoms. The molecule has 0 aliphatic heterocycles. The second-order valence-corrected chi connectivity index (χ2v) is 7.02. The predicted molar refractivity (Wildman–Crippen MR) is 71.5 cm³/mol. The van der Waals surface area contributed by atoms with Crippen LogP contribution in [0, 0.1) is 6.92 Å². The van der Waals surface area contributed by atoms with E-state index in [0.29, 0.717) is 16.4 Å². The van der Waals surface area contributed by atoms with Crippen LogP contribution in [0.3, 0.4) is 0 Å². The van der Waals surface area contributed by atoms with Gasteiger partial charge in [-0.2, -0.15) is 4.98 Å². The van der Waals surface area contributed by atoms with Crippen molar-refractivity contribution in [2.45, 2.75) is 24.9 Å². The molecule has 0 saturated heterocycles. The molecule has 0 fully saturated rings. The largest absolute Gasteiger partial charge is 0.338 e. The summed E-state index contributed by atoms with van der Waals surface area (Å²) in [6, 6.07) is 6.76. The van der Waals surface area contributed by atoms with E-state index in [1.54, 1.807) is 31.2 Å². The van der Waals surface area contributed by atoms with Crippen molar-refractivity contribution in [3.05, 3.63) is 46.6 Å². The molecule has 2 aromatic rings. The van der Waals surface area contributed by atoms with Crippen LogP contribution in [-0.4, -0.2) is 18.6 Å². The minimum absolute atomic E-state index is 0.111. The maximum atomic E-state index is 12.3. The molecule has 1 atom stereocenters. The van der Waals surface area contributed by atoms with Gasteiger partial charge in [-0.25, -0.2) is 8.42 Å². The Bertz CT molecular complexity index is 682.